The number of hydrogen-bond donors (Lipinski definition) is 2. The van der Waals surface area contributed by atoms with E-state index >= 15 is 0 Å². The quantitative estimate of drug-likeness (QED) is 0.840. The van der Waals surface area contributed by atoms with Crippen LogP contribution in [0.1, 0.15) is 17.7 Å². The van der Waals surface area contributed by atoms with E-state index in [4.69, 9.17) is 0 Å². The Balaban J connectivity index is 1.92. The average Bonchev–Trinajstić information content (AvgIpc) is 2.88. The predicted molar refractivity (Wildman–Crippen MR) is 82.3 cm³/mol. The van der Waals surface area contributed by atoms with E-state index in [0.717, 1.165) is 29.2 Å². The van der Waals surface area contributed by atoms with Crippen LogP contribution in [-0.2, 0) is 16.6 Å². The molecule has 0 atom stereocenters. The van der Waals surface area contributed by atoms with Crippen molar-refractivity contribution in [2.24, 2.45) is 5.92 Å². The molecule has 1 aromatic heterocycles. The highest BCUT2D eigenvalue weighted by Gasteiger charge is 2.20. The SMILES string of the molecule is CNCc1ccc(S(=O)(=O)NCC2CCSCC2)s1. The van der Waals surface area contributed by atoms with Crippen LogP contribution in [0, 0.1) is 5.92 Å². The molecule has 1 aromatic rings. The molecular formula is C12H20N2O2S3. The van der Waals surface area contributed by atoms with Crippen molar-refractivity contribution >= 4 is 33.1 Å². The Kier molecular flexibility index (Phi) is 5.70. The van der Waals surface area contributed by atoms with Crippen LogP contribution in [0.2, 0.25) is 0 Å². The van der Waals surface area contributed by atoms with Gasteiger partial charge >= 0.3 is 0 Å². The summed E-state index contributed by atoms with van der Waals surface area (Å²) in [6.07, 6.45) is 2.23. The van der Waals surface area contributed by atoms with Gasteiger partial charge in [0.25, 0.3) is 0 Å². The van der Waals surface area contributed by atoms with Crippen LogP contribution in [0.5, 0.6) is 0 Å². The molecule has 0 bridgehead atoms. The van der Waals surface area contributed by atoms with Crippen molar-refractivity contribution in [2.75, 3.05) is 25.1 Å². The summed E-state index contributed by atoms with van der Waals surface area (Å²) in [4.78, 5) is 1.04. The molecule has 4 nitrogen and oxygen atoms in total. The van der Waals surface area contributed by atoms with Gasteiger partial charge in [0, 0.05) is 18.0 Å². The lowest BCUT2D eigenvalue weighted by molar-refractivity contribution is 0.477. The van der Waals surface area contributed by atoms with Gasteiger partial charge in [0.1, 0.15) is 4.21 Å². The molecule has 2 N–H and O–H groups in total. The van der Waals surface area contributed by atoms with Crippen LogP contribution in [-0.4, -0.2) is 33.5 Å². The van der Waals surface area contributed by atoms with Crippen molar-refractivity contribution in [3.8, 4) is 0 Å². The van der Waals surface area contributed by atoms with E-state index < -0.39 is 10.0 Å². The highest BCUT2D eigenvalue weighted by atomic mass is 32.2. The second-order valence-electron chi connectivity index (χ2n) is 4.66. The van der Waals surface area contributed by atoms with Gasteiger partial charge in [-0.1, -0.05) is 0 Å². The minimum atomic E-state index is -3.32. The first kappa shape index (κ1) is 15.3. The number of hydrogen-bond acceptors (Lipinski definition) is 5. The standard InChI is InChI=1S/C12H20N2O2S3/c1-13-9-11-2-3-12(18-11)19(15,16)14-8-10-4-6-17-7-5-10/h2-3,10,13-14H,4-9H2,1H3. The van der Waals surface area contributed by atoms with Crippen molar-refractivity contribution in [3.63, 3.8) is 0 Å². The molecule has 7 heteroatoms. The second kappa shape index (κ2) is 7.08. The Hall–Kier alpha value is -0.0800. The Morgan fingerprint density at radius 3 is 2.74 bits per heavy atom. The molecule has 1 saturated heterocycles. The van der Waals surface area contributed by atoms with Crippen LogP contribution < -0.4 is 10.0 Å². The van der Waals surface area contributed by atoms with E-state index in [1.54, 1.807) is 6.07 Å². The molecule has 0 aromatic carbocycles. The molecule has 0 unspecified atom stereocenters. The van der Waals surface area contributed by atoms with E-state index in [1.165, 1.54) is 11.3 Å². The van der Waals surface area contributed by atoms with Gasteiger partial charge < -0.3 is 5.32 Å². The number of thioether (sulfide) groups is 1. The maximum absolute atomic E-state index is 12.2. The van der Waals surface area contributed by atoms with Crippen LogP contribution in [0.3, 0.4) is 0 Å². The number of nitrogens with one attached hydrogen (secondary N) is 2. The number of sulfonamides is 1. The number of thiophene rings is 1. The minimum absolute atomic E-state index is 0.419. The lowest BCUT2D eigenvalue weighted by Crippen LogP contribution is -2.30. The van der Waals surface area contributed by atoms with Crippen molar-refractivity contribution in [1.82, 2.24) is 10.0 Å². The zero-order valence-corrected chi connectivity index (χ0v) is 13.5. The van der Waals surface area contributed by atoms with Gasteiger partial charge in [-0.15, -0.1) is 11.3 Å². The zero-order chi connectivity index (χ0) is 13.7. The lowest BCUT2D eigenvalue weighted by atomic mass is 10.0. The molecule has 0 spiro atoms. The summed E-state index contributed by atoms with van der Waals surface area (Å²) in [6.45, 7) is 1.28. The molecule has 0 amide bonds. The normalized spacial score (nSPS) is 17.7. The fourth-order valence-electron chi connectivity index (χ4n) is 2.02. The van der Waals surface area contributed by atoms with Gasteiger partial charge in [-0.2, -0.15) is 11.8 Å². The summed E-state index contributed by atoms with van der Waals surface area (Å²) in [6, 6.07) is 3.56. The predicted octanol–water partition coefficient (Wildman–Crippen LogP) is 1.89. The second-order valence-corrected chi connectivity index (χ2v) is 9.05. The summed E-state index contributed by atoms with van der Waals surface area (Å²) < 4.78 is 27.5. The van der Waals surface area contributed by atoms with Gasteiger partial charge in [-0.05, 0) is 49.4 Å². The first-order valence-corrected chi connectivity index (χ1v) is 9.88. The summed E-state index contributed by atoms with van der Waals surface area (Å²) >= 11 is 3.29. The molecule has 0 aliphatic carbocycles. The topological polar surface area (TPSA) is 58.2 Å². The Bertz CT molecular complexity index is 493. The third kappa shape index (κ3) is 4.46. The van der Waals surface area contributed by atoms with Crippen LogP contribution >= 0.6 is 23.1 Å². The molecule has 108 valence electrons. The molecule has 19 heavy (non-hydrogen) atoms. The molecule has 1 aliphatic rings. The molecule has 1 fully saturated rings. The van der Waals surface area contributed by atoms with E-state index in [2.05, 4.69) is 10.0 Å². The third-order valence-corrected chi connectivity index (χ3v) is 7.21. The Morgan fingerprint density at radius 1 is 1.32 bits per heavy atom. The van der Waals surface area contributed by atoms with E-state index in [9.17, 15) is 8.42 Å². The fourth-order valence-corrected chi connectivity index (χ4v) is 5.75. The Morgan fingerprint density at radius 2 is 2.05 bits per heavy atom. The summed E-state index contributed by atoms with van der Waals surface area (Å²) in [5, 5.41) is 3.03. The van der Waals surface area contributed by atoms with E-state index in [0.29, 0.717) is 23.2 Å². The summed E-state index contributed by atoms with van der Waals surface area (Å²) in [5.41, 5.74) is 0. The molecule has 1 aliphatic heterocycles. The van der Waals surface area contributed by atoms with Crippen LogP contribution in [0.15, 0.2) is 16.3 Å². The summed E-state index contributed by atoms with van der Waals surface area (Å²) in [7, 11) is -1.47. The van der Waals surface area contributed by atoms with Crippen LogP contribution in [0.4, 0.5) is 0 Å². The molecule has 2 heterocycles. The molecular weight excluding hydrogens is 300 g/mol. The van der Waals surface area contributed by atoms with Gasteiger partial charge in [0.2, 0.25) is 10.0 Å². The number of rotatable bonds is 6. The van der Waals surface area contributed by atoms with Gasteiger partial charge in [0.05, 0.1) is 0 Å². The molecule has 0 saturated carbocycles. The largest absolute Gasteiger partial charge is 0.315 e. The van der Waals surface area contributed by atoms with E-state index in [1.807, 2.05) is 24.9 Å². The third-order valence-electron chi connectivity index (χ3n) is 3.16. The molecule has 0 radical (unpaired) electrons. The highest BCUT2D eigenvalue weighted by Crippen LogP contribution is 2.24. The smallest absolute Gasteiger partial charge is 0.250 e. The van der Waals surface area contributed by atoms with Crippen molar-refractivity contribution in [1.29, 1.82) is 0 Å². The van der Waals surface area contributed by atoms with Crippen LogP contribution in [0.25, 0.3) is 0 Å². The average molecular weight is 321 g/mol. The maximum atomic E-state index is 12.2. The van der Waals surface area contributed by atoms with Gasteiger partial charge in [-0.3, -0.25) is 0 Å². The monoisotopic (exact) mass is 320 g/mol. The zero-order valence-electron chi connectivity index (χ0n) is 11.0. The minimum Gasteiger partial charge on any atom is -0.315 e. The Labute approximate surface area is 123 Å². The van der Waals surface area contributed by atoms with Crippen molar-refractivity contribution < 1.29 is 8.42 Å². The maximum Gasteiger partial charge on any atom is 0.250 e. The van der Waals surface area contributed by atoms with Crippen molar-refractivity contribution in [2.45, 2.75) is 23.6 Å². The van der Waals surface area contributed by atoms with E-state index in [-0.39, 0.29) is 0 Å². The first-order chi connectivity index (χ1) is 9.12. The highest BCUT2D eigenvalue weighted by molar-refractivity contribution is 7.99. The molecule has 2 rings (SSSR count). The lowest BCUT2D eigenvalue weighted by Gasteiger charge is -2.21. The van der Waals surface area contributed by atoms with Gasteiger partial charge in [-0.25, -0.2) is 13.1 Å². The fraction of sp³-hybridized carbons (Fsp3) is 0.667. The van der Waals surface area contributed by atoms with Crippen molar-refractivity contribution in [3.05, 3.63) is 17.0 Å². The van der Waals surface area contributed by atoms with Gasteiger partial charge in [0.15, 0.2) is 0 Å². The first-order valence-electron chi connectivity index (χ1n) is 6.42. The summed E-state index contributed by atoms with van der Waals surface area (Å²) in [5.74, 6) is 2.79.